The van der Waals surface area contributed by atoms with Crippen molar-refractivity contribution in [3.63, 3.8) is 0 Å². The molecule has 0 heterocycles. The van der Waals surface area contributed by atoms with Crippen molar-refractivity contribution in [2.45, 2.75) is 38.5 Å². The molecule has 1 fully saturated rings. The molecule has 24 heavy (non-hydrogen) atoms. The molecule has 2 aromatic carbocycles. The second-order valence-electron chi connectivity index (χ2n) is 6.38. The van der Waals surface area contributed by atoms with E-state index < -0.39 is 28.8 Å². The van der Waals surface area contributed by atoms with Gasteiger partial charge in [0, 0.05) is 49.9 Å². The van der Waals surface area contributed by atoms with Gasteiger partial charge in [0.1, 0.15) is 11.6 Å². The molecule has 3 rings (SSSR count). The average molecular weight is 410 g/mol. The van der Waals surface area contributed by atoms with Gasteiger partial charge in [0.2, 0.25) is 0 Å². The van der Waals surface area contributed by atoms with Crippen LogP contribution in [0.1, 0.15) is 44.1 Å². The molecule has 0 nitrogen and oxygen atoms in total. The number of benzene rings is 2. The van der Waals surface area contributed by atoms with Crippen molar-refractivity contribution in [2.24, 2.45) is 5.92 Å². The Bertz CT molecular complexity index is 678. The summed E-state index contributed by atoms with van der Waals surface area (Å²) >= 11 is 0. The molecule has 0 aliphatic heterocycles. The largest absolute Gasteiger partial charge is 0.236 e. The minimum atomic E-state index is -0.982. The van der Waals surface area contributed by atoms with E-state index in [1.807, 2.05) is 6.07 Å². The van der Waals surface area contributed by atoms with E-state index in [0.29, 0.717) is 11.5 Å². The first kappa shape index (κ1) is 19.6. The molecule has 1 radical (unpaired) electrons. The van der Waals surface area contributed by atoms with Crippen molar-refractivity contribution >= 4 is 0 Å². The first-order valence-electron chi connectivity index (χ1n) is 7.81. The predicted octanol–water partition coefficient (Wildman–Crippen LogP) is 6.00. The quantitative estimate of drug-likeness (QED) is 0.421. The summed E-state index contributed by atoms with van der Waals surface area (Å²) in [7, 11) is 0. The fourth-order valence-corrected chi connectivity index (χ4v) is 3.34. The molecule has 0 bridgehead atoms. The van der Waals surface area contributed by atoms with Crippen molar-refractivity contribution in [1.29, 1.82) is 0 Å². The standard InChI is InChI=1S/C19H17F4.Y/c1-11-2-4-12(5-3-11)13-8-17(22)19(18(23)9-13)14-6-15(20)10-16(21)7-14;/h6-9,11-12H,2-5H2,1H3;/q-1;. The molecule has 0 aromatic heterocycles. The first-order valence-corrected chi connectivity index (χ1v) is 7.81. The summed E-state index contributed by atoms with van der Waals surface area (Å²) in [5.41, 5.74) is 0.0707. The Morgan fingerprint density at radius 3 is 1.83 bits per heavy atom. The third kappa shape index (κ3) is 4.26. The van der Waals surface area contributed by atoms with Crippen LogP contribution < -0.4 is 0 Å². The molecule has 0 amide bonds. The van der Waals surface area contributed by atoms with E-state index in [1.54, 1.807) is 0 Å². The number of hydrogen-bond donors (Lipinski definition) is 0. The van der Waals surface area contributed by atoms with E-state index in [2.05, 4.69) is 6.92 Å². The number of hydrogen-bond acceptors (Lipinski definition) is 0. The molecule has 1 aliphatic carbocycles. The molecular formula is C19H17F4Y-. The van der Waals surface area contributed by atoms with Gasteiger partial charge >= 0.3 is 0 Å². The van der Waals surface area contributed by atoms with Crippen molar-refractivity contribution in [3.8, 4) is 11.1 Å². The molecule has 2 aromatic rings. The van der Waals surface area contributed by atoms with Gasteiger partial charge in [0.05, 0.1) is 0 Å². The molecule has 0 N–H and O–H groups in total. The van der Waals surface area contributed by atoms with Gasteiger partial charge in [0.15, 0.2) is 0 Å². The summed E-state index contributed by atoms with van der Waals surface area (Å²) < 4.78 is 55.3. The van der Waals surface area contributed by atoms with E-state index in [0.717, 1.165) is 37.8 Å². The minimum absolute atomic E-state index is 0. The molecule has 125 valence electrons. The summed E-state index contributed by atoms with van der Waals surface area (Å²) in [6.45, 7) is 2.18. The zero-order valence-corrected chi connectivity index (χ0v) is 16.2. The summed E-state index contributed by atoms with van der Waals surface area (Å²) in [6, 6.07) is 6.17. The Kier molecular flexibility index (Phi) is 6.61. The van der Waals surface area contributed by atoms with E-state index in [4.69, 9.17) is 0 Å². The van der Waals surface area contributed by atoms with Crippen LogP contribution in [0.4, 0.5) is 17.6 Å². The van der Waals surface area contributed by atoms with Crippen LogP contribution in [0.3, 0.4) is 0 Å². The molecular weight excluding hydrogens is 393 g/mol. The summed E-state index contributed by atoms with van der Waals surface area (Å²) in [4.78, 5) is 0. The monoisotopic (exact) mass is 410 g/mol. The SMILES string of the molecule is CC1CCC(c2cc(F)c(-c3cc(F)[c-]c(F)c3)c(F)c2)CC1.[Y]. The van der Waals surface area contributed by atoms with Gasteiger partial charge in [-0.15, -0.1) is 23.8 Å². The molecule has 1 aliphatic rings. The average Bonchev–Trinajstić information content (AvgIpc) is 2.46. The van der Waals surface area contributed by atoms with Crippen LogP contribution >= 0.6 is 0 Å². The van der Waals surface area contributed by atoms with E-state index in [9.17, 15) is 17.6 Å². The zero-order valence-electron chi connectivity index (χ0n) is 13.4. The molecule has 5 heteroatoms. The van der Waals surface area contributed by atoms with Gasteiger partial charge < -0.3 is 0 Å². The Hall–Kier alpha value is -0.736. The fraction of sp³-hybridized carbons (Fsp3) is 0.368. The van der Waals surface area contributed by atoms with Crippen LogP contribution in [0, 0.1) is 35.3 Å². The summed E-state index contributed by atoms with van der Waals surface area (Å²) in [6.07, 6.45) is 3.90. The maximum absolute atomic E-state index is 14.4. The summed E-state index contributed by atoms with van der Waals surface area (Å²) in [5, 5.41) is 0. The third-order valence-corrected chi connectivity index (χ3v) is 4.64. The van der Waals surface area contributed by atoms with Crippen molar-refractivity contribution in [2.75, 3.05) is 0 Å². The zero-order chi connectivity index (χ0) is 16.6. The smallest absolute Gasteiger partial charge is 0.132 e. The molecule has 0 unspecified atom stereocenters. The Morgan fingerprint density at radius 2 is 1.33 bits per heavy atom. The van der Waals surface area contributed by atoms with Gasteiger partial charge in [0.25, 0.3) is 0 Å². The number of rotatable bonds is 2. The van der Waals surface area contributed by atoms with Crippen LogP contribution in [0.2, 0.25) is 0 Å². The van der Waals surface area contributed by atoms with Crippen LogP contribution in [0.5, 0.6) is 0 Å². The normalized spacial score (nSPS) is 20.5. The molecule has 0 atom stereocenters. The van der Waals surface area contributed by atoms with Crippen molar-refractivity contribution in [1.82, 2.24) is 0 Å². The number of halogens is 4. The fourth-order valence-electron chi connectivity index (χ4n) is 3.34. The second kappa shape index (κ2) is 8.10. The van der Waals surface area contributed by atoms with E-state index >= 15 is 0 Å². The van der Waals surface area contributed by atoms with Crippen molar-refractivity contribution in [3.05, 3.63) is 59.2 Å². The van der Waals surface area contributed by atoms with Gasteiger partial charge in [-0.1, -0.05) is 19.8 Å². The second-order valence-corrected chi connectivity index (χ2v) is 6.38. The Balaban J connectivity index is 0.00000208. The van der Waals surface area contributed by atoms with Crippen LogP contribution in [0.15, 0.2) is 24.3 Å². The van der Waals surface area contributed by atoms with Gasteiger partial charge in [-0.2, -0.15) is 0 Å². The van der Waals surface area contributed by atoms with E-state index in [1.165, 1.54) is 12.1 Å². The van der Waals surface area contributed by atoms with Crippen molar-refractivity contribution < 1.29 is 50.3 Å². The molecule has 0 saturated heterocycles. The molecule has 1 saturated carbocycles. The van der Waals surface area contributed by atoms with Gasteiger partial charge in [-0.25, -0.2) is 17.6 Å². The maximum atomic E-state index is 14.4. The first-order chi connectivity index (χ1) is 10.9. The predicted molar refractivity (Wildman–Crippen MR) is 80.9 cm³/mol. The Labute approximate surface area is 164 Å². The van der Waals surface area contributed by atoms with Crippen LogP contribution in [-0.2, 0) is 32.7 Å². The van der Waals surface area contributed by atoms with E-state index in [-0.39, 0.29) is 44.2 Å². The maximum Gasteiger partial charge on any atom is 0.132 e. The van der Waals surface area contributed by atoms with Crippen LogP contribution in [-0.4, -0.2) is 0 Å². The summed E-state index contributed by atoms with van der Waals surface area (Å²) in [5.74, 6) is -2.76. The third-order valence-electron chi connectivity index (χ3n) is 4.64. The van der Waals surface area contributed by atoms with Gasteiger partial charge in [-0.05, 0) is 42.4 Å². The van der Waals surface area contributed by atoms with Crippen LogP contribution in [0.25, 0.3) is 11.1 Å². The Morgan fingerprint density at radius 1 is 0.833 bits per heavy atom. The molecule has 0 spiro atoms. The minimum Gasteiger partial charge on any atom is -0.236 e. The topological polar surface area (TPSA) is 0 Å². The van der Waals surface area contributed by atoms with Gasteiger partial charge in [-0.3, -0.25) is 0 Å².